The SMILES string of the molecule is O=C(c1sccc1Br)N1C[C@H]2COCC[C@@]2(C(=O)O)C1. The Morgan fingerprint density at radius 1 is 1.55 bits per heavy atom. The molecule has 0 radical (unpaired) electrons. The first-order valence-corrected chi connectivity index (χ1v) is 8.05. The average molecular weight is 360 g/mol. The number of carbonyl (C=O) groups is 2. The molecule has 3 rings (SSSR count). The van der Waals surface area contributed by atoms with Crippen LogP contribution >= 0.6 is 27.3 Å². The molecule has 7 heteroatoms. The predicted molar refractivity (Wildman–Crippen MR) is 76.9 cm³/mol. The summed E-state index contributed by atoms with van der Waals surface area (Å²) in [6, 6.07) is 1.83. The van der Waals surface area contributed by atoms with E-state index in [-0.39, 0.29) is 18.4 Å². The van der Waals surface area contributed by atoms with E-state index in [1.54, 1.807) is 4.90 Å². The number of hydrogen-bond acceptors (Lipinski definition) is 4. The fourth-order valence-corrected chi connectivity index (χ4v) is 4.55. The average Bonchev–Trinajstić information content (AvgIpc) is 3.01. The Bertz CT molecular complexity index is 560. The zero-order chi connectivity index (χ0) is 14.3. The number of ether oxygens (including phenoxy) is 1. The normalized spacial score (nSPS) is 29.2. The summed E-state index contributed by atoms with van der Waals surface area (Å²) in [5.41, 5.74) is -0.836. The number of aliphatic carboxylic acids is 1. The molecule has 2 aliphatic heterocycles. The summed E-state index contributed by atoms with van der Waals surface area (Å²) in [5.74, 6) is -1.02. The highest BCUT2D eigenvalue weighted by atomic mass is 79.9. The highest BCUT2D eigenvalue weighted by Crippen LogP contribution is 2.43. The van der Waals surface area contributed by atoms with Gasteiger partial charge in [-0.1, -0.05) is 0 Å². The predicted octanol–water partition coefficient (Wildman–Crippen LogP) is 2.07. The molecule has 0 unspecified atom stereocenters. The van der Waals surface area contributed by atoms with Gasteiger partial charge >= 0.3 is 5.97 Å². The summed E-state index contributed by atoms with van der Waals surface area (Å²) in [4.78, 5) is 26.5. The van der Waals surface area contributed by atoms with Gasteiger partial charge < -0.3 is 14.7 Å². The largest absolute Gasteiger partial charge is 0.481 e. The second-order valence-electron chi connectivity index (χ2n) is 5.27. The van der Waals surface area contributed by atoms with Crippen LogP contribution in [0.15, 0.2) is 15.9 Å². The molecule has 2 fully saturated rings. The molecule has 0 spiro atoms. The van der Waals surface area contributed by atoms with Crippen molar-refractivity contribution in [3.05, 3.63) is 20.8 Å². The number of rotatable bonds is 2. The number of carboxylic acid groups (broad SMARTS) is 1. The third-order valence-electron chi connectivity index (χ3n) is 4.23. The molecule has 20 heavy (non-hydrogen) atoms. The Morgan fingerprint density at radius 3 is 2.95 bits per heavy atom. The summed E-state index contributed by atoms with van der Waals surface area (Å²) in [5, 5.41) is 11.4. The Balaban J connectivity index is 1.86. The molecule has 0 saturated carbocycles. The number of carbonyl (C=O) groups excluding carboxylic acids is 1. The van der Waals surface area contributed by atoms with Crippen LogP contribution in [0.2, 0.25) is 0 Å². The van der Waals surface area contributed by atoms with E-state index in [2.05, 4.69) is 15.9 Å². The molecular formula is C13H14BrNO4S. The molecular weight excluding hydrogens is 346 g/mol. The summed E-state index contributed by atoms with van der Waals surface area (Å²) in [6.45, 7) is 1.60. The van der Waals surface area contributed by atoms with E-state index in [0.29, 0.717) is 31.1 Å². The smallest absolute Gasteiger partial charge is 0.311 e. The number of thiophene rings is 1. The zero-order valence-electron chi connectivity index (χ0n) is 10.7. The molecule has 1 aromatic rings. The van der Waals surface area contributed by atoms with Crippen LogP contribution in [-0.2, 0) is 9.53 Å². The number of likely N-dealkylation sites (tertiary alicyclic amines) is 1. The van der Waals surface area contributed by atoms with E-state index in [1.165, 1.54) is 11.3 Å². The van der Waals surface area contributed by atoms with Crippen molar-refractivity contribution in [3.63, 3.8) is 0 Å². The molecule has 3 heterocycles. The minimum atomic E-state index is -0.836. The lowest BCUT2D eigenvalue weighted by molar-refractivity contribution is -0.157. The Labute approximate surface area is 128 Å². The van der Waals surface area contributed by atoms with E-state index < -0.39 is 11.4 Å². The van der Waals surface area contributed by atoms with Crippen LogP contribution in [0.5, 0.6) is 0 Å². The van der Waals surface area contributed by atoms with Crippen molar-refractivity contribution in [2.75, 3.05) is 26.3 Å². The van der Waals surface area contributed by atoms with Crippen molar-refractivity contribution in [3.8, 4) is 0 Å². The molecule has 1 N–H and O–H groups in total. The van der Waals surface area contributed by atoms with Crippen molar-refractivity contribution >= 4 is 39.1 Å². The first-order valence-electron chi connectivity index (χ1n) is 6.38. The highest BCUT2D eigenvalue weighted by molar-refractivity contribution is 9.10. The second kappa shape index (κ2) is 5.13. The monoisotopic (exact) mass is 359 g/mol. The maximum Gasteiger partial charge on any atom is 0.311 e. The minimum Gasteiger partial charge on any atom is -0.481 e. The van der Waals surface area contributed by atoms with Crippen LogP contribution in [0.3, 0.4) is 0 Å². The van der Waals surface area contributed by atoms with E-state index in [9.17, 15) is 14.7 Å². The van der Waals surface area contributed by atoms with Crippen molar-refractivity contribution in [1.29, 1.82) is 0 Å². The summed E-state index contributed by atoms with van der Waals surface area (Å²) >= 11 is 4.72. The Hall–Kier alpha value is -0.920. The first-order chi connectivity index (χ1) is 9.54. The van der Waals surface area contributed by atoms with E-state index in [1.807, 2.05) is 11.4 Å². The zero-order valence-corrected chi connectivity index (χ0v) is 13.1. The van der Waals surface area contributed by atoms with Crippen LogP contribution in [0.25, 0.3) is 0 Å². The van der Waals surface area contributed by atoms with Crippen LogP contribution in [0.4, 0.5) is 0 Å². The third-order valence-corrected chi connectivity index (χ3v) is 6.06. The number of carboxylic acids is 1. The van der Waals surface area contributed by atoms with Crippen LogP contribution in [0, 0.1) is 11.3 Å². The molecule has 2 aliphatic rings. The molecule has 108 valence electrons. The molecule has 0 aromatic carbocycles. The van der Waals surface area contributed by atoms with Crippen LogP contribution in [0.1, 0.15) is 16.1 Å². The molecule has 1 aromatic heterocycles. The molecule has 2 atom stereocenters. The minimum absolute atomic E-state index is 0.0955. The lowest BCUT2D eigenvalue weighted by Gasteiger charge is -2.33. The van der Waals surface area contributed by atoms with Gasteiger partial charge in [0, 0.05) is 30.1 Å². The fraction of sp³-hybridized carbons (Fsp3) is 0.538. The number of hydrogen-bond donors (Lipinski definition) is 1. The topological polar surface area (TPSA) is 66.8 Å². The van der Waals surface area contributed by atoms with Crippen LogP contribution in [-0.4, -0.2) is 48.2 Å². The number of amides is 1. The molecule has 5 nitrogen and oxygen atoms in total. The third kappa shape index (κ3) is 2.08. The van der Waals surface area contributed by atoms with Crippen molar-refractivity contribution in [2.24, 2.45) is 11.3 Å². The molecule has 2 saturated heterocycles. The van der Waals surface area contributed by atoms with Gasteiger partial charge in [-0.3, -0.25) is 9.59 Å². The maximum absolute atomic E-state index is 12.5. The highest BCUT2D eigenvalue weighted by Gasteiger charge is 2.55. The quantitative estimate of drug-likeness (QED) is 0.877. The van der Waals surface area contributed by atoms with Crippen LogP contribution < -0.4 is 0 Å². The lowest BCUT2D eigenvalue weighted by atomic mass is 9.74. The maximum atomic E-state index is 12.5. The lowest BCUT2D eigenvalue weighted by Crippen LogP contribution is -2.45. The van der Waals surface area contributed by atoms with Gasteiger partial charge in [-0.15, -0.1) is 11.3 Å². The summed E-state index contributed by atoms with van der Waals surface area (Å²) < 4.78 is 6.16. The molecule has 0 bridgehead atoms. The van der Waals surface area contributed by atoms with E-state index in [0.717, 1.165) is 4.47 Å². The summed E-state index contributed by atoms with van der Waals surface area (Å²) in [6.07, 6.45) is 0.475. The number of fused-ring (bicyclic) bond motifs is 1. The van der Waals surface area contributed by atoms with Gasteiger partial charge in [0.1, 0.15) is 4.88 Å². The van der Waals surface area contributed by atoms with Gasteiger partial charge in [-0.05, 0) is 33.8 Å². The Kier molecular flexibility index (Phi) is 3.60. The Morgan fingerprint density at radius 2 is 2.35 bits per heavy atom. The van der Waals surface area contributed by atoms with Crippen molar-refractivity contribution in [1.82, 2.24) is 4.90 Å². The van der Waals surface area contributed by atoms with Crippen molar-refractivity contribution in [2.45, 2.75) is 6.42 Å². The van der Waals surface area contributed by atoms with E-state index in [4.69, 9.17) is 4.74 Å². The number of halogens is 1. The van der Waals surface area contributed by atoms with Gasteiger partial charge in [0.25, 0.3) is 5.91 Å². The van der Waals surface area contributed by atoms with Gasteiger partial charge in [-0.2, -0.15) is 0 Å². The standard InChI is InChI=1S/C13H14BrNO4S/c14-9-1-4-20-10(9)11(16)15-5-8-6-19-3-2-13(8,7-15)12(17)18/h1,4,8H,2-3,5-7H2,(H,17,18)/t8-,13+/m0/s1. The number of nitrogens with zero attached hydrogens (tertiary/aromatic N) is 1. The molecule has 1 amide bonds. The fourth-order valence-electron chi connectivity index (χ4n) is 3.04. The van der Waals surface area contributed by atoms with Gasteiger partial charge in [0.15, 0.2) is 0 Å². The van der Waals surface area contributed by atoms with Crippen molar-refractivity contribution < 1.29 is 19.4 Å². The molecule has 0 aliphatic carbocycles. The van der Waals surface area contributed by atoms with Gasteiger partial charge in [0.05, 0.1) is 12.0 Å². The van der Waals surface area contributed by atoms with E-state index >= 15 is 0 Å². The summed E-state index contributed by atoms with van der Waals surface area (Å²) in [7, 11) is 0. The van der Waals surface area contributed by atoms with Gasteiger partial charge in [0.2, 0.25) is 0 Å². The first kappa shape index (κ1) is 14.0. The second-order valence-corrected chi connectivity index (χ2v) is 7.04. The van der Waals surface area contributed by atoms with Gasteiger partial charge in [-0.25, -0.2) is 0 Å².